The van der Waals surface area contributed by atoms with E-state index in [0.29, 0.717) is 0 Å². The van der Waals surface area contributed by atoms with Crippen LogP contribution in [0.5, 0.6) is 0 Å². The minimum absolute atomic E-state index is 0.0144. The van der Waals surface area contributed by atoms with Gasteiger partial charge in [-0.2, -0.15) is 35.1 Å². The number of benzene rings is 1. The van der Waals surface area contributed by atoms with Crippen molar-refractivity contribution in [3.05, 3.63) is 41.2 Å². The highest BCUT2D eigenvalue weighted by molar-refractivity contribution is 6.09. The summed E-state index contributed by atoms with van der Waals surface area (Å²) in [7, 11) is 1.36. The molecule has 0 aliphatic heterocycles. The number of carbonyl (C=O) groups excluding carboxylic acids is 1. The Morgan fingerprint density at radius 2 is 1.67 bits per heavy atom. The second-order valence-corrected chi connectivity index (χ2v) is 6.33. The predicted molar refractivity (Wildman–Crippen MR) is 89.1 cm³/mol. The van der Waals surface area contributed by atoms with E-state index >= 15 is 0 Å². The molecule has 12 heteroatoms. The minimum Gasteiger partial charge on any atom is -0.461 e. The molecule has 0 atom stereocenters. The van der Waals surface area contributed by atoms with Gasteiger partial charge in [0.25, 0.3) is 0 Å². The van der Waals surface area contributed by atoms with Crippen LogP contribution in [0.3, 0.4) is 0 Å². The van der Waals surface area contributed by atoms with Gasteiger partial charge in [-0.05, 0) is 25.1 Å². The van der Waals surface area contributed by atoms with Crippen LogP contribution < -0.4 is 0 Å². The van der Waals surface area contributed by atoms with Crippen LogP contribution in [0, 0.1) is 0 Å². The van der Waals surface area contributed by atoms with Gasteiger partial charge < -0.3 is 9.30 Å². The first kappa shape index (κ1) is 21.8. The molecule has 0 radical (unpaired) electrons. The zero-order chi connectivity index (χ0) is 22.6. The fourth-order valence-corrected chi connectivity index (χ4v) is 3.06. The smallest absolute Gasteiger partial charge is 0.458 e. The molecule has 0 saturated carbocycles. The monoisotopic (exact) mass is 440 g/mol. The van der Waals surface area contributed by atoms with E-state index < -0.39 is 46.4 Å². The molecule has 0 fully saturated rings. The fraction of sp³-hybridized carbons (Fsp3) is 0.333. The molecule has 30 heavy (non-hydrogen) atoms. The van der Waals surface area contributed by atoms with Crippen molar-refractivity contribution in [1.82, 2.24) is 9.55 Å². The van der Waals surface area contributed by atoms with Gasteiger partial charge in [0.1, 0.15) is 11.4 Å². The number of ether oxygens (including phenoxy) is 1. The topological polar surface area (TPSA) is 44.1 Å². The summed E-state index contributed by atoms with van der Waals surface area (Å²) in [4.78, 5) is 15.3. The Morgan fingerprint density at radius 1 is 1.03 bits per heavy atom. The summed E-state index contributed by atoms with van der Waals surface area (Å²) in [5.41, 5.74) is -4.58. The third-order valence-electron chi connectivity index (χ3n) is 4.47. The Kier molecular flexibility index (Phi) is 4.94. The van der Waals surface area contributed by atoms with Crippen molar-refractivity contribution in [3.8, 4) is 0 Å². The molecule has 2 aromatic heterocycles. The lowest BCUT2D eigenvalue weighted by atomic mass is 9.99. The molecule has 0 spiro atoms. The Balaban J connectivity index is 2.45. The highest BCUT2D eigenvalue weighted by Crippen LogP contribution is 2.48. The van der Waals surface area contributed by atoms with E-state index in [0.717, 1.165) is 18.2 Å². The Bertz CT molecular complexity index is 1150. The van der Waals surface area contributed by atoms with E-state index in [1.165, 1.54) is 18.5 Å². The van der Waals surface area contributed by atoms with E-state index in [1.54, 1.807) is 0 Å². The molecular weight excluding hydrogens is 428 g/mol. The largest absolute Gasteiger partial charge is 0.461 e. The van der Waals surface area contributed by atoms with E-state index in [2.05, 4.69) is 4.98 Å². The number of esters is 1. The second-order valence-electron chi connectivity index (χ2n) is 6.33. The van der Waals surface area contributed by atoms with Gasteiger partial charge in [0, 0.05) is 23.4 Å². The number of pyridine rings is 1. The molecule has 4 nitrogen and oxygen atoms in total. The van der Waals surface area contributed by atoms with Crippen molar-refractivity contribution in [2.24, 2.45) is 7.05 Å². The molecule has 0 saturated heterocycles. The highest BCUT2D eigenvalue weighted by atomic mass is 19.4. The summed E-state index contributed by atoms with van der Waals surface area (Å²) in [6.45, 7) is 1.50. The standard InChI is InChI=1S/C18H12F8N2O2/c1-3-30-15(29)12-6-9-11(28(12)2)5-4-8-10(16(19,20)18(24,25)26)7-13(17(21,22)23)27-14(8)9/h4-7H,3H2,1-2H3. The number of aryl methyl sites for hydroxylation is 1. The van der Waals surface area contributed by atoms with Crippen LogP contribution in [-0.2, 0) is 23.9 Å². The zero-order valence-electron chi connectivity index (χ0n) is 15.3. The maximum atomic E-state index is 14.1. The molecule has 3 rings (SSSR count). The van der Waals surface area contributed by atoms with Crippen LogP contribution in [0.25, 0.3) is 21.8 Å². The number of aromatic nitrogens is 2. The van der Waals surface area contributed by atoms with Gasteiger partial charge >= 0.3 is 24.2 Å². The number of fused-ring (bicyclic) bond motifs is 3. The van der Waals surface area contributed by atoms with Crippen LogP contribution in [0.15, 0.2) is 24.3 Å². The van der Waals surface area contributed by atoms with Crippen molar-refractivity contribution in [2.45, 2.75) is 25.2 Å². The Hall–Kier alpha value is -2.92. The third kappa shape index (κ3) is 3.33. The summed E-state index contributed by atoms with van der Waals surface area (Å²) in [6.07, 6.45) is -11.4. The molecule has 3 aromatic rings. The molecule has 1 aromatic carbocycles. The molecule has 0 bridgehead atoms. The number of alkyl halides is 8. The highest BCUT2D eigenvalue weighted by Gasteiger charge is 2.60. The summed E-state index contributed by atoms with van der Waals surface area (Å²) in [5, 5.41) is -1.03. The summed E-state index contributed by atoms with van der Waals surface area (Å²) < 4.78 is 113. The second kappa shape index (κ2) is 6.81. The first-order valence-corrected chi connectivity index (χ1v) is 8.32. The quantitative estimate of drug-likeness (QED) is 0.395. The Labute approximate surface area is 163 Å². The minimum atomic E-state index is -6.13. The van der Waals surface area contributed by atoms with Crippen molar-refractivity contribution in [1.29, 1.82) is 0 Å². The number of hydrogen-bond donors (Lipinski definition) is 0. The van der Waals surface area contributed by atoms with Crippen molar-refractivity contribution in [3.63, 3.8) is 0 Å². The van der Waals surface area contributed by atoms with E-state index in [-0.39, 0.29) is 29.3 Å². The van der Waals surface area contributed by atoms with E-state index in [4.69, 9.17) is 4.74 Å². The average Bonchev–Trinajstić information content (AvgIpc) is 2.96. The Morgan fingerprint density at radius 3 is 2.20 bits per heavy atom. The lowest BCUT2D eigenvalue weighted by Crippen LogP contribution is -2.34. The summed E-state index contributed by atoms with van der Waals surface area (Å²) in [5.74, 6) is -6.42. The summed E-state index contributed by atoms with van der Waals surface area (Å²) in [6, 6.07) is 2.66. The molecule has 0 unspecified atom stereocenters. The first-order valence-electron chi connectivity index (χ1n) is 8.32. The van der Waals surface area contributed by atoms with Gasteiger partial charge in [0.2, 0.25) is 0 Å². The maximum absolute atomic E-state index is 14.1. The molecule has 0 N–H and O–H groups in total. The van der Waals surface area contributed by atoms with Gasteiger partial charge in [0.05, 0.1) is 17.6 Å². The van der Waals surface area contributed by atoms with Crippen molar-refractivity contribution < 1.29 is 44.7 Å². The van der Waals surface area contributed by atoms with E-state index in [1.807, 2.05) is 0 Å². The fourth-order valence-electron chi connectivity index (χ4n) is 3.06. The third-order valence-corrected chi connectivity index (χ3v) is 4.47. The van der Waals surface area contributed by atoms with Crippen molar-refractivity contribution >= 4 is 27.8 Å². The van der Waals surface area contributed by atoms with Crippen LogP contribution in [0.1, 0.15) is 28.7 Å². The molecule has 162 valence electrons. The average molecular weight is 440 g/mol. The van der Waals surface area contributed by atoms with Gasteiger partial charge in [-0.1, -0.05) is 6.07 Å². The number of halogens is 8. The van der Waals surface area contributed by atoms with Gasteiger partial charge in [-0.15, -0.1) is 0 Å². The molecule has 2 heterocycles. The maximum Gasteiger partial charge on any atom is 0.458 e. The van der Waals surface area contributed by atoms with Crippen LogP contribution in [-0.4, -0.2) is 28.3 Å². The van der Waals surface area contributed by atoms with Gasteiger partial charge in [-0.25, -0.2) is 9.78 Å². The van der Waals surface area contributed by atoms with Crippen LogP contribution in [0.2, 0.25) is 0 Å². The number of rotatable bonds is 3. The molecular formula is C18H12F8N2O2. The zero-order valence-corrected chi connectivity index (χ0v) is 15.3. The number of nitrogens with zero attached hydrogens (tertiary/aromatic N) is 2. The summed E-state index contributed by atoms with van der Waals surface area (Å²) >= 11 is 0. The first-order chi connectivity index (χ1) is 13.7. The number of carbonyl (C=O) groups is 1. The molecule has 0 aliphatic carbocycles. The van der Waals surface area contributed by atoms with Crippen molar-refractivity contribution in [2.75, 3.05) is 6.61 Å². The van der Waals surface area contributed by atoms with E-state index in [9.17, 15) is 39.9 Å². The van der Waals surface area contributed by atoms with Gasteiger partial charge in [-0.3, -0.25) is 0 Å². The predicted octanol–water partition coefficient (Wildman–Crippen LogP) is 5.58. The lowest BCUT2D eigenvalue weighted by Gasteiger charge is -2.22. The van der Waals surface area contributed by atoms with Gasteiger partial charge in [0.15, 0.2) is 0 Å². The number of hydrogen-bond acceptors (Lipinski definition) is 3. The lowest BCUT2D eigenvalue weighted by molar-refractivity contribution is -0.288. The SMILES string of the molecule is CCOC(=O)c1cc2c3nc(C(F)(F)F)cc(C(F)(F)C(F)(F)F)c3ccc2n1C. The van der Waals surface area contributed by atoms with Crippen LogP contribution >= 0.6 is 0 Å². The normalized spacial score (nSPS) is 13.3. The molecule has 0 amide bonds. The molecule has 0 aliphatic rings. The van der Waals surface area contributed by atoms with Crippen LogP contribution in [0.4, 0.5) is 35.1 Å².